The van der Waals surface area contributed by atoms with Crippen LogP contribution < -0.4 is 5.32 Å². The van der Waals surface area contributed by atoms with Gasteiger partial charge in [-0.15, -0.1) is 6.58 Å². The summed E-state index contributed by atoms with van der Waals surface area (Å²) in [4.78, 5) is 23.5. The zero-order valence-corrected chi connectivity index (χ0v) is 11.7. The lowest BCUT2D eigenvalue weighted by molar-refractivity contribution is -0.131. The Balaban J connectivity index is 2.63. The van der Waals surface area contributed by atoms with E-state index in [-0.39, 0.29) is 24.6 Å². The number of rotatable bonds is 7. The van der Waals surface area contributed by atoms with Crippen molar-refractivity contribution in [3.63, 3.8) is 0 Å². The van der Waals surface area contributed by atoms with Crippen molar-refractivity contribution >= 4 is 23.3 Å². The minimum atomic E-state index is -1.33. The standard InChI is InChI=1S/C13H14ClN3O3/c1-3-6-16-13(19)10(7-15)11(18)5-4-9-8(2)17-20-12(9)14/h3,10H,1,4-6H2,2H3,(H,16,19)/t10-/m1/s1. The molecule has 1 aromatic rings. The van der Waals surface area contributed by atoms with Crippen molar-refractivity contribution < 1.29 is 14.1 Å². The second-order valence-electron chi connectivity index (χ2n) is 4.08. The molecule has 0 radical (unpaired) electrons. The van der Waals surface area contributed by atoms with Crippen LogP contribution in [0.2, 0.25) is 5.22 Å². The predicted molar refractivity (Wildman–Crippen MR) is 71.9 cm³/mol. The van der Waals surface area contributed by atoms with Gasteiger partial charge in [0.05, 0.1) is 11.8 Å². The van der Waals surface area contributed by atoms with E-state index in [1.165, 1.54) is 6.08 Å². The quantitative estimate of drug-likeness (QED) is 0.608. The molecule has 1 atom stereocenters. The molecule has 0 bridgehead atoms. The molecule has 0 fully saturated rings. The molecule has 1 N–H and O–H groups in total. The highest BCUT2D eigenvalue weighted by Gasteiger charge is 2.26. The van der Waals surface area contributed by atoms with Gasteiger partial charge < -0.3 is 9.84 Å². The molecule has 106 valence electrons. The summed E-state index contributed by atoms with van der Waals surface area (Å²) in [5.41, 5.74) is 1.20. The lowest BCUT2D eigenvalue weighted by Gasteiger charge is -2.07. The average molecular weight is 296 g/mol. The van der Waals surface area contributed by atoms with Crippen LogP contribution in [0.4, 0.5) is 0 Å². The third kappa shape index (κ3) is 3.93. The number of ketones is 1. The van der Waals surface area contributed by atoms with Crippen LogP contribution in [0.5, 0.6) is 0 Å². The Labute approximate surface area is 121 Å². The van der Waals surface area contributed by atoms with E-state index in [0.29, 0.717) is 11.3 Å². The Hall–Kier alpha value is -2.13. The second kappa shape index (κ2) is 7.46. The molecule has 0 unspecified atom stereocenters. The lowest BCUT2D eigenvalue weighted by Crippen LogP contribution is -2.34. The Morgan fingerprint density at radius 1 is 1.65 bits per heavy atom. The van der Waals surface area contributed by atoms with E-state index in [1.54, 1.807) is 13.0 Å². The first-order valence-electron chi connectivity index (χ1n) is 5.92. The van der Waals surface area contributed by atoms with E-state index in [2.05, 4.69) is 17.1 Å². The number of halogens is 1. The number of carbonyl (C=O) groups is 2. The summed E-state index contributed by atoms with van der Waals surface area (Å²) < 4.78 is 4.76. The predicted octanol–water partition coefficient (Wildman–Crippen LogP) is 1.58. The SMILES string of the molecule is C=CCNC(=O)[C@H](C#N)C(=O)CCc1c(C)noc1Cl. The van der Waals surface area contributed by atoms with Gasteiger partial charge in [-0.05, 0) is 24.9 Å². The monoisotopic (exact) mass is 295 g/mol. The third-order valence-corrected chi connectivity index (χ3v) is 2.99. The largest absolute Gasteiger partial charge is 0.351 e. The molecule has 7 heteroatoms. The van der Waals surface area contributed by atoms with Gasteiger partial charge in [-0.2, -0.15) is 5.26 Å². The van der Waals surface area contributed by atoms with Gasteiger partial charge in [-0.1, -0.05) is 11.2 Å². The van der Waals surface area contributed by atoms with Crippen LogP contribution in [-0.4, -0.2) is 23.4 Å². The number of aryl methyl sites for hydroxylation is 1. The van der Waals surface area contributed by atoms with Crippen LogP contribution in [0.1, 0.15) is 17.7 Å². The number of carbonyl (C=O) groups excluding carboxylic acids is 2. The maximum Gasteiger partial charge on any atom is 0.245 e. The molecule has 0 aliphatic carbocycles. The summed E-state index contributed by atoms with van der Waals surface area (Å²) in [6.45, 7) is 5.35. The summed E-state index contributed by atoms with van der Waals surface area (Å²) in [6, 6.07) is 1.70. The highest BCUT2D eigenvalue weighted by molar-refractivity contribution is 6.29. The molecule has 0 spiro atoms. The van der Waals surface area contributed by atoms with Crippen molar-refractivity contribution in [1.29, 1.82) is 5.26 Å². The summed E-state index contributed by atoms with van der Waals surface area (Å²) in [6.07, 6.45) is 1.76. The fraction of sp³-hybridized carbons (Fsp3) is 0.385. The highest BCUT2D eigenvalue weighted by atomic mass is 35.5. The molecule has 1 aromatic heterocycles. The van der Waals surface area contributed by atoms with Crippen molar-refractivity contribution in [3.8, 4) is 6.07 Å². The van der Waals surface area contributed by atoms with Crippen LogP contribution in [0.15, 0.2) is 17.2 Å². The van der Waals surface area contributed by atoms with Crippen LogP contribution >= 0.6 is 11.6 Å². The van der Waals surface area contributed by atoms with Gasteiger partial charge in [-0.3, -0.25) is 9.59 Å². The molecular formula is C13H14ClN3O3. The second-order valence-corrected chi connectivity index (χ2v) is 4.43. The van der Waals surface area contributed by atoms with Crippen molar-refractivity contribution in [3.05, 3.63) is 29.1 Å². The lowest BCUT2D eigenvalue weighted by atomic mass is 9.98. The molecular weight excluding hydrogens is 282 g/mol. The molecule has 1 rings (SSSR count). The number of aromatic nitrogens is 1. The van der Waals surface area contributed by atoms with E-state index >= 15 is 0 Å². The number of nitriles is 1. The zero-order valence-electron chi connectivity index (χ0n) is 11.0. The van der Waals surface area contributed by atoms with E-state index < -0.39 is 17.6 Å². The Bertz CT molecular complexity index is 540. The number of nitrogens with zero attached hydrogens (tertiary/aromatic N) is 2. The Morgan fingerprint density at radius 3 is 2.85 bits per heavy atom. The van der Waals surface area contributed by atoms with E-state index in [1.807, 2.05) is 0 Å². The average Bonchev–Trinajstić information content (AvgIpc) is 2.74. The molecule has 1 amide bonds. The van der Waals surface area contributed by atoms with Crippen LogP contribution in [0.25, 0.3) is 0 Å². The first-order chi connectivity index (χ1) is 9.51. The Morgan fingerprint density at radius 2 is 2.35 bits per heavy atom. The maximum atomic E-state index is 11.9. The van der Waals surface area contributed by atoms with Gasteiger partial charge >= 0.3 is 0 Å². The molecule has 0 aliphatic heterocycles. The summed E-state index contributed by atoms with van der Waals surface area (Å²) in [5, 5.41) is 15.1. The molecule has 0 saturated heterocycles. The topological polar surface area (TPSA) is 96.0 Å². The first-order valence-corrected chi connectivity index (χ1v) is 6.30. The highest BCUT2D eigenvalue weighted by Crippen LogP contribution is 2.21. The minimum absolute atomic E-state index is 0.0154. The first kappa shape index (κ1) is 15.9. The number of nitrogens with one attached hydrogen (secondary N) is 1. The van der Waals surface area contributed by atoms with E-state index in [9.17, 15) is 9.59 Å². The van der Waals surface area contributed by atoms with Gasteiger partial charge in [0, 0.05) is 18.5 Å². The summed E-state index contributed by atoms with van der Waals surface area (Å²) in [7, 11) is 0. The van der Waals surface area contributed by atoms with Crippen molar-refractivity contribution in [2.45, 2.75) is 19.8 Å². The normalized spacial score (nSPS) is 11.4. The van der Waals surface area contributed by atoms with Gasteiger partial charge in [0.25, 0.3) is 0 Å². The molecule has 0 saturated carbocycles. The van der Waals surface area contributed by atoms with Crippen LogP contribution in [-0.2, 0) is 16.0 Å². The molecule has 0 aliphatic rings. The number of hydrogen-bond acceptors (Lipinski definition) is 5. The zero-order chi connectivity index (χ0) is 15.1. The smallest absolute Gasteiger partial charge is 0.245 e. The third-order valence-electron chi connectivity index (χ3n) is 2.69. The van der Waals surface area contributed by atoms with Crippen LogP contribution in [0.3, 0.4) is 0 Å². The fourth-order valence-corrected chi connectivity index (χ4v) is 1.85. The van der Waals surface area contributed by atoms with E-state index in [4.69, 9.17) is 21.4 Å². The number of amides is 1. The molecule has 1 heterocycles. The van der Waals surface area contributed by atoms with Gasteiger partial charge in [0.1, 0.15) is 0 Å². The Kier molecular flexibility index (Phi) is 5.94. The minimum Gasteiger partial charge on any atom is -0.351 e. The van der Waals surface area contributed by atoms with Gasteiger partial charge in [0.15, 0.2) is 11.7 Å². The number of Topliss-reactive ketones (excluding diaryl/α,β-unsaturated/α-hetero) is 1. The summed E-state index contributed by atoms with van der Waals surface area (Å²) >= 11 is 5.78. The molecule has 6 nitrogen and oxygen atoms in total. The van der Waals surface area contributed by atoms with Gasteiger partial charge in [0.2, 0.25) is 11.1 Å². The van der Waals surface area contributed by atoms with Crippen molar-refractivity contribution in [1.82, 2.24) is 10.5 Å². The van der Waals surface area contributed by atoms with Crippen molar-refractivity contribution in [2.75, 3.05) is 6.54 Å². The number of hydrogen-bond donors (Lipinski definition) is 1. The molecule has 0 aromatic carbocycles. The summed E-state index contributed by atoms with van der Waals surface area (Å²) in [5.74, 6) is -2.41. The molecule has 20 heavy (non-hydrogen) atoms. The van der Waals surface area contributed by atoms with Crippen LogP contribution in [0, 0.1) is 24.2 Å². The van der Waals surface area contributed by atoms with Crippen molar-refractivity contribution in [2.24, 2.45) is 5.92 Å². The fourth-order valence-electron chi connectivity index (χ4n) is 1.58. The maximum absolute atomic E-state index is 11.9. The van der Waals surface area contributed by atoms with E-state index in [0.717, 1.165) is 0 Å². The van der Waals surface area contributed by atoms with Gasteiger partial charge in [-0.25, -0.2) is 0 Å².